The SMILES string of the molecule is Cc1ccccc1Cn1c(Cl)c(C(C)O)c2ccccc21. The van der Waals surface area contributed by atoms with E-state index in [1.165, 1.54) is 11.1 Å². The van der Waals surface area contributed by atoms with Gasteiger partial charge in [0, 0.05) is 23.0 Å². The van der Waals surface area contributed by atoms with Crippen molar-refractivity contribution in [3.63, 3.8) is 0 Å². The fraction of sp³-hybridized carbons (Fsp3) is 0.222. The topological polar surface area (TPSA) is 25.2 Å². The molecule has 1 aromatic heterocycles. The first kappa shape index (κ1) is 14.2. The molecule has 0 saturated heterocycles. The van der Waals surface area contributed by atoms with Crippen LogP contribution in [0.4, 0.5) is 0 Å². The van der Waals surface area contributed by atoms with Crippen LogP contribution in [0.2, 0.25) is 5.15 Å². The van der Waals surface area contributed by atoms with E-state index in [0.29, 0.717) is 11.7 Å². The van der Waals surface area contributed by atoms with Gasteiger partial charge in [0.05, 0.1) is 6.10 Å². The van der Waals surface area contributed by atoms with Gasteiger partial charge in [-0.05, 0) is 31.0 Å². The molecule has 21 heavy (non-hydrogen) atoms. The number of hydrogen-bond acceptors (Lipinski definition) is 1. The van der Waals surface area contributed by atoms with Crippen LogP contribution in [0, 0.1) is 6.92 Å². The predicted molar refractivity (Wildman–Crippen MR) is 87.9 cm³/mol. The van der Waals surface area contributed by atoms with Crippen LogP contribution in [-0.4, -0.2) is 9.67 Å². The Labute approximate surface area is 129 Å². The Hall–Kier alpha value is -1.77. The summed E-state index contributed by atoms with van der Waals surface area (Å²) in [7, 11) is 0. The summed E-state index contributed by atoms with van der Waals surface area (Å²) < 4.78 is 2.07. The zero-order valence-corrected chi connectivity index (χ0v) is 12.9. The van der Waals surface area contributed by atoms with Crippen LogP contribution in [0.25, 0.3) is 10.9 Å². The van der Waals surface area contributed by atoms with Crippen LogP contribution in [-0.2, 0) is 6.54 Å². The lowest BCUT2D eigenvalue weighted by Crippen LogP contribution is -2.02. The molecule has 0 spiro atoms. The van der Waals surface area contributed by atoms with E-state index < -0.39 is 6.10 Å². The Balaban J connectivity index is 2.19. The summed E-state index contributed by atoms with van der Waals surface area (Å²) in [6.45, 7) is 4.56. The second-order valence-corrected chi connectivity index (χ2v) is 5.77. The lowest BCUT2D eigenvalue weighted by molar-refractivity contribution is 0.200. The highest BCUT2D eigenvalue weighted by atomic mass is 35.5. The lowest BCUT2D eigenvalue weighted by atomic mass is 10.1. The van der Waals surface area contributed by atoms with Crippen LogP contribution in [0.3, 0.4) is 0 Å². The number of aliphatic hydroxyl groups excluding tert-OH is 1. The quantitative estimate of drug-likeness (QED) is 0.745. The summed E-state index contributed by atoms with van der Waals surface area (Å²) in [6, 6.07) is 16.3. The van der Waals surface area contributed by atoms with Crippen molar-refractivity contribution in [1.29, 1.82) is 0 Å². The smallest absolute Gasteiger partial charge is 0.116 e. The molecule has 0 bridgehead atoms. The fourth-order valence-corrected chi connectivity index (χ4v) is 3.22. The summed E-state index contributed by atoms with van der Waals surface area (Å²) in [5.41, 5.74) is 4.34. The molecule has 1 unspecified atom stereocenters. The number of para-hydroxylation sites is 1. The molecule has 0 fully saturated rings. The molecular weight excluding hydrogens is 282 g/mol. The predicted octanol–water partition coefficient (Wildman–Crippen LogP) is 4.70. The average molecular weight is 300 g/mol. The van der Waals surface area contributed by atoms with E-state index in [-0.39, 0.29) is 0 Å². The number of halogens is 1. The highest BCUT2D eigenvalue weighted by Gasteiger charge is 2.19. The maximum Gasteiger partial charge on any atom is 0.116 e. The summed E-state index contributed by atoms with van der Waals surface area (Å²) in [6.07, 6.45) is -0.583. The van der Waals surface area contributed by atoms with Gasteiger partial charge in [-0.15, -0.1) is 0 Å². The van der Waals surface area contributed by atoms with Crippen molar-refractivity contribution in [2.45, 2.75) is 26.5 Å². The second kappa shape index (κ2) is 5.55. The Morgan fingerprint density at radius 2 is 1.76 bits per heavy atom. The summed E-state index contributed by atoms with van der Waals surface area (Å²) in [4.78, 5) is 0. The van der Waals surface area contributed by atoms with Gasteiger partial charge in [0.1, 0.15) is 5.15 Å². The molecule has 0 aliphatic heterocycles. The molecule has 0 amide bonds. The zero-order valence-electron chi connectivity index (χ0n) is 12.2. The van der Waals surface area contributed by atoms with Crippen molar-refractivity contribution in [2.24, 2.45) is 0 Å². The van der Waals surface area contributed by atoms with Crippen molar-refractivity contribution in [1.82, 2.24) is 4.57 Å². The molecule has 1 N–H and O–H groups in total. The zero-order chi connectivity index (χ0) is 15.0. The van der Waals surface area contributed by atoms with Gasteiger partial charge in [-0.25, -0.2) is 0 Å². The maximum atomic E-state index is 10.0. The van der Waals surface area contributed by atoms with E-state index in [4.69, 9.17) is 11.6 Å². The van der Waals surface area contributed by atoms with Gasteiger partial charge in [-0.3, -0.25) is 0 Å². The minimum absolute atomic E-state index is 0.583. The molecule has 3 heteroatoms. The number of rotatable bonds is 3. The van der Waals surface area contributed by atoms with Crippen LogP contribution < -0.4 is 0 Å². The summed E-state index contributed by atoms with van der Waals surface area (Å²) >= 11 is 6.55. The van der Waals surface area contributed by atoms with Gasteiger partial charge in [0.25, 0.3) is 0 Å². The van der Waals surface area contributed by atoms with Gasteiger partial charge in [-0.2, -0.15) is 0 Å². The fourth-order valence-electron chi connectivity index (χ4n) is 2.81. The van der Waals surface area contributed by atoms with Crippen LogP contribution in [0.5, 0.6) is 0 Å². The third-order valence-corrected chi connectivity index (χ3v) is 4.36. The Morgan fingerprint density at radius 1 is 1.10 bits per heavy atom. The highest BCUT2D eigenvalue weighted by molar-refractivity contribution is 6.32. The monoisotopic (exact) mass is 299 g/mol. The van der Waals surface area contributed by atoms with Crippen molar-refractivity contribution < 1.29 is 5.11 Å². The van der Waals surface area contributed by atoms with Gasteiger partial charge in [0.15, 0.2) is 0 Å². The standard InChI is InChI=1S/C18H18ClNO/c1-12-7-3-4-8-14(12)11-20-16-10-6-5-9-15(16)17(13(2)21)18(20)19/h3-10,13,21H,11H2,1-2H3. The molecule has 0 radical (unpaired) electrons. The molecule has 2 aromatic carbocycles. The normalized spacial score (nSPS) is 12.8. The van der Waals surface area contributed by atoms with Crippen molar-refractivity contribution >= 4 is 22.5 Å². The van der Waals surface area contributed by atoms with Crippen molar-refractivity contribution in [3.05, 3.63) is 70.4 Å². The second-order valence-electron chi connectivity index (χ2n) is 5.41. The molecule has 2 nitrogen and oxygen atoms in total. The number of hydrogen-bond donors (Lipinski definition) is 1. The first-order chi connectivity index (χ1) is 10.1. The van der Waals surface area contributed by atoms with Gasteiger partial charge < -0.3 is 9.67 Å². The van der Waals surface area contributed by atoms with E-state index >= 15 is 0 Å². The average Bonchev–Trinajstić information content (AvgIpc) is 2.74. The Morgan fingerprint density at radius 3 is 2.48 bits per heavy atom. The molecule has 0 aliphatic carbocycles. The number of aryl methyl sites for hydroxylation is 1. The largest absolute Gasteiger partial charge is 0.389 e. The number of aromatic nitrogens is 1. The van der Waals surface area contributed by atoms with Crippen LogP contribution in [0.1, 0.15) is 29.7 Å². The molecule has 0 aliphatic rings. The number of fused-ring (bicyclic) bond motifs is 1. The van der Waals surface area contributed by atoms with Gasteiger partial charge in [-0.1, -0.05) is 54.1 Å². The Kier molecular flexibility index (Phi) is 3.75. The van der Waals surface area contributed by atoms with E-state index in [1.54, 1.807) is 6.92 Å². The third-order valence-electron chi connectivity index (χ3n) is 3.95. The molecule has 108 valence electrons. The number of benzene rings is 2. The van der Waals surface area contributed by atoms with E-state index in [1.807, 2.05) is 36.4 Å². The third kappa shape index (κ3) is 2.45. The first-order valence-corrected chi connectivity index (χ1v) is 7.46. The van der Waals surface area contributed by atoms with Crippen LogP contribution in [0.15, 0.2) is 48.5 Å². The van der Waals surface area contributed by atoms with E-state index in [9.17, 15) is 5.11 Å². The molecule has 3 rings (SSSR count). The van der Waals surface area contributed by atoms with E-state index in [0.717, 1.165) is 16.5 Å². The summed E-state index contributed by atoms with van der Waals surface area (Å²) in [5, 5.41) is 11.7. The highest BCUT2D eigenvalue weighted by Crippen LogP contribution is 2.35. The number of aliphatic hydroxyl groups is 1. The lowest BCUT2D eigenvalue weighted by Gasteiger charge is -2.10. The molecule has 1 atom stereocenters. The van der Waals surface area contributed by atoms with Crippen molar-refractivity contribution in [3.8, 4) is 0 Å². The molecule has 3 aromatic rings. The first-order valence-electron chi connectivity index (χ1n) is 7.08. The molecule has 1 heterocycles. The van der Waals surface area contributed by atoms with Crippen molar-refractivity contribution in [2.75, 3.05) is 0 Å². The number of nitrogens with zero attached hydrogens (tertiary/aromatic N) is 1. The molecular formula is C18H18ClNO. The molecule has 0 saturated carbocycles. The Bertz CT molecular complexity index is 789. The van der Waals surface area contributed by atoms with Crippen LogP contribution >= 0.6 is 11.6 Å². The van der Waals surface area contributed by atoms with Gasteiger partial charge in [0.2, 0.25) is 0 Å². The summed E-state index contributed by atoms with van der Waals surface area (Å²) in [5.74, 6) is 0. The van der Waals surface area contributed by atoms with E-state index in [2.05, 4.69) is 23.6 Å². The minimum atomic E-state index is -0.583. The van der Waals surface area contributed by atoms with Gasteiger partial charge >= 0.3 is 0 Å². The minimum Gasteiger partial charge on any atom is -0.389 e. The maximum absolute atomic E-state index is 10.0.